The van der Waals surface area contributed by atoms with Crippen LogP contribution in [0.2, 0.25) is 0 Å². The Morgan fingerprint density at radius 1 is 1.15 bits per heavy atom. The molecule has 0 amide bonds. The van der Waals surface area contributed by atoms with Crippen LogP contribution in [0, 0.1) is 6.92 Å². The summed E-state index contributed by atoms with van der Waals surface area (Å²) in [4.78, 5) is 0. The molecule has 0 fully saturated rings. The minimum atomic E-state index is 0.365. The van der Waals surface area contributed by atoms with E-state index in [1.165, 1.54) is 5.56 Å². The Balaban J connectivity index is 2.49. The van der Waals surface area contributed by atoms with Gasteiger partial charge < -0.3 is 5.11 Å². The summed E-state index contributed by atoms with van der Waals surface area (Å²) < 4.78 is 0. The number of rotatable bonds is 1. The normalized spacial score (nSPS) is 10.2. The lowest BCUT2D eigenvalue weighted by molar-refractivity contribution is 0.471. The van der Waals surface area contributed by atoms with E-state index in [0.29, 0.717) is 5.75 Å². The summed E-state index contributed by atoms with van der Waals surface area (Å²) in [5.74, 6) is 0.365. The highest BCUT2D eigenvalue weighted by atomic mass is 32.1. The topological polar surface area (TPSA) is 20.2 Å². The first-order valence-electron chi connectivity index (χ1n) is 4.09. The second-order valence-electron chi connectivity index (χ2n) is 3.01. The molecule has 13 heavy (non-hydrogen) atoms. The molecule has 2 heteroatoms. The summed E-state index contributed by atoms with van der Waals surface area (Å²) in [6.45, 7) is 1.90. The average molecular weight is 190 g/mol. The molecule has 2 aromatic rings. The zero-order valence-corrected chi connectivity index (χ0v) is 8.14. The quantitative estimate of drug-likeness (QED) is 0.730. The Bertz CT molecular complexity index is 404. The third kappa shape index (κ3) is 1.58. The number of benzene rings is 1. The largest absolute Gasteiger partial charge is 0.508 e. The molecule has 0 aliphatic carbocycles. The van der Waals surface area contributed by atoms with Crippen LogP contribution in [-0.4, -0.2) is 5.11 Å². The summed E-state index contributed by atoms with van der Waals surface area (Å²) in [5.41, 5.74) is 3.16. The predicted octanol–water partition coefficient (Wildman–Crippen LogP) is 3.43. The highest BCUT2D eigenvalue weighted by molar-refractivity contribution is 7.08. The number of aromatic hydroxyl groups is 1. The maximum atomic E-state index is 9.50. The maximum Gasteiger partial charge on any atom is 0.119 e. The van der Waals surface area contributed by atoms with Crippen molar-refractivity contribution in [2.75, 3.05) is 0 Å². The van der Waals surface area contributed by atoms with Crippen LogP contribution in [0.5, 0.6) is 5.75 Å². The molecule has 0 aliphatic rings. The third-order valence-electron chi connectivity index (χ3n) is 2.06. The Morgan fingerprint density at radius 2 is 2.00 bits per heavy atom. The Kier molecular flexibility index (Phi) is 2.07. The van der Waals surface area contributed by atoms with Gasteiger partial charge >= 0.3 is 0 Å². The van der Waals surface area contributed by atoms with Crippen molar-refractivity contribution in [1.82, 2.24) is 0 Å². The fourth-order valence-corrected chi connectivity index (χ4v) is 1.88. The fourth-order valence-electron chi connectivity index (χ4n) is 1.22. The minimum Gasteiger partial charge on any atom is -0.508 e. The van der Waals surface area contributed by atoms with E-state index < -0.39 is 0 Å². The van der Waals surface area contributed by atoms with Gasteiger partial charge in [0.15, 0.2) is 0 Å². The maximum absolute atomic E-state index is 9.50. The van der Waals surface area contributed by atoms with Crippen LogP contribution in [-0.2, 0) is 0 Å². The molecule has 0 unspecified atom stereocenters. The van der Waals surface area contributed by atoms with Crippen LogP contribution in [0.15, 0.2) is 35.0 Å². The van der Waals surface area contributed by atoms with Gasteiger partial charge in [0, 0.05) is 0 Å². The highest BCUT2D eigenvalue weighted by Gasteiger charge is 2.00. The molecule has 0 atom stereocenters. The average Bonchev–Trinajstić information content (AvgIpc) is 2.62. The first kappa shape index (κ1) is 8.32. The van der Waals surface area contributed by atoms with Gasteiger partial charge in [0.05, 0.1) is 0 Å². The minimum absolute atomic E-state index is 0.365. The molecule has 1 N–H and O–H groups in total. The zero-order chi connectivity index (χ0) is 9.26. The van der Waals surface area contributed by atoms with Gasteiger partial charge in [-0.1, -0.05) is 12.1 Å². The van der Waals surface area contributed by atoms with Crippen molar-refractivity contribution in [2.45, 2.75) is 6.92 Å². The predicted molar refractivity (Wildman–Crippen MR) is 56.2 cm³/mol. The van der Waals surface area contributed by atoms with E-state index in [1.807, 2.05) is 24.4 Å². The molecule has 0 spiro atoms. The molecule has 1 nitrogen and oxygen atoms in total. The van der Waals surface area contributed by atoms with Gasteiger partial charge in [-0.05, 0) is 46.5 Å². The summed E-state index contributed by atoms with van der Waals surface area (Å²) in [7, 11) is 0. The van der Waals surface area contributed by atoms with Gasteiger partial charge in [0.2, 0.25) is 0 Å². The molecule has 0 saturated heterocycles. The summed E-state index contributed by atoms with van der Waals surface area (Å²) in [5, 5.41) is 13.6. The Morgan fingerprint density at radius 3 is 2.62 bits per heavy atom. The van der Waals surface area contributed by atoms with E-state index in [4.69, 9.17) is 0 Å². The molecule has 1 aromatic heterocycles. The second-order valence-corrected chi connectivity index (χ2v) is 3.79. The summed E-state index contributed by atoms with van der Waals surface area (Å²) in [6.07, 6.45) is 0. The van der Waals surface area contributed by atoms with Gasteiger partial charge in [-0.15, -0.1) is 0 Å². The monoisotopic (exact) mass is 190 g/mol. The van der Waals surface area contributed by atoms with Crippen molar-refractivity contribution >= 4 is 11.3 Å². The van der Waals surface area contributed by atoms with Gasteiger partial charge in [-0.25, -0.2) is 0 Å². The van der Waals surface area contributed by atoms with Crippen LogP contribution in [0.1, 0.15) is 5.56 Å². The van der Waals surface area contributed by atoms with Crippen molar-refractivity contribution in [3.05, 3.63) is 40.6 Å². The molecule has 1 heterocycles. The van der Waals surface area contributed by atoms with E-state index in [9.17, 15) is 5.11 Å². The van der Waals surface area contributed by atoms with E-state index >= 15 is 0 Å². The molecular weight excluding hydrogens is 180 g/mol. The molecular formula is C11H10OS. The van der Waals surface area contributed by atoms with Gasteiger partial charge in [0.25, 0.3) is 0 Å². The molecule has 0 radical (unpaired) electrons. The lowest BCUT2D eigenvalue weighted by Gasteiger charge is -2.01. The molecule has 0 bridgehead atoms. The Labute approximate surface area is 81.3 Å². The van der Waals surface area contributed by atoms with E-state index in [1.54, 1.807) is 17.4 Å². The Hall–Kier alpha value is -1.28. The number of thiophene rings is 1. The molecule has 1 aromatic carbocycles. The van der Waals surface area contributed by atoms with Crippen molar-refractivity contribution in [1.29, 1.82) is 0 Å². The summed E-state index contributed by atoms with van der Waals surface area (Å²) >= 11 is 1.66. The van der Waals surface area contributed by atoms with Crippen molar-refractivity contribution in [3.8, 4) is 16.9 Å². The number of phenolic OH excluding ortho intramolecular Hbond substituents is 1. The van der Waals surface area contributed by atoms with Crippen LogP contribution in [0.25, 0.3) is 11.1 Å². The number of hydrogen-bond donors (Lipinski definition) is 1. The number of aryl methyl sites for hydroxylation is 1. The van der Waals surface area contributed by atoms with Crippen LogP contribution in [0.4, 0.5) is 0 Å². The van der Waals surface area contributed by atoms with Crippen molar-refractivity contribution in [2.24, 2.45) is 0 Å². The molecule has 0 saturated carbocycles. The standard InChI is InChI=1S/C11H10OS/c1-8-2-3-9(6-11(8)12)10-4-5-13-7-10/h2-7,12H,1H3. The van der Waals surface area contributed by atoms with Gasteiger partial charge in [-0.3, -0.25) is 0 Å². The lowest BCUT2D eigenvalue weighted by atomic mass is 10.1. The molecule has 2 rings (SSSR count). The van der Waals surface area contributed by atoms with Crippen molar-refractivity contribution in [3.63, 3.8) is 0 Å². The van der Waals surface area contributed by atoms with E-state index in [-0.39, 0.29) is 0 Å². The van der Waals surface area contributed by atoms with Crippen LogP contribution < -0.4 is 0 Å². The van der Waals surface area contributed by atoms with Crippen molar-refractivity contribution < 1.29 is 5.11 Å². The van der Waals surface area contributed by atoms with Crippen LogP contribution >= 0.6 is 11.3 Å². The first-order valence-corrected chi connectivity index (χ1v) is 5.04. The highest BCUT2D eigenvalue weighted by Crippen LogP contribution is 2.27. The van der Waals surface area contributed by atoms with Gasteiger partial charge in [-0.2, -0.15) is 11.3 Å². The lowest BCUT2D eigenvalue weighted by Crippen LogP contribution is -1.77. The van der Waals surface area contributed by atoms with Gasteiger partial charge in [0.1, 0.15) is 5.75 Å². The molecule has 66 valence electrons. The summed E-state index contributed by atoms with van der Waals surface area (Å²) in [6, 6.07) is 7.81. The van der Waals surface area contributed by atoms with E-state index in [2.05, 4.69) is 11.4 Å². The number of hydrogen-bond acceptors (Lipinski definition) is 2. The van der Waals surface area contributed by atoms with E-state index in [0.717, 1.165) is 11.1 Å². The smallest absolute Gasteiger partial charge is 0.119 e. The zero-order valence-electron chi connectivity index (χ0n) is 7.32. The number of phenols is 1. The first-order chi connectivity index (χ1) is 6.27. The second kappa shape index (κ2) is 3.23. The third-order valence-corrected chi connectivity index (χ3v) is 2.75. The van der Waals surface area contributed by atoms with Crippen LogP contribution in [0.3, 0.4) is 0 Å². The fraction of sp³-hybridized carbons (Fsp3) is 0.0909. The molecule has 0 aliphatic heterocycles. The SMILES string of the molecule is Cc1ccc(-c2ccsc2)cc1O.